The van der Waals surface area contributed by atoms with Gasteiger partial charge in [-0.05, 0) is 31.0 Å². The molecule has 0 aliphatic rings. The highest BCUT2D eigenvalue weighted by Gasteiger charge is 2.29. The normalized spacial score (nSPS) is 13.3. The van der Waals surface area contributed by atoms with Crippen molar-refractivity contribution in [2.75, 3.05) is 0 Å². The second kappa shape index (κ2) is 5.58. The molecule has 2 heteroatoms. The van der Waals surface area contributed by atoms with E-state index in [-0.39, 0.29) is 0 Å². The third-order valence-corrected chi connectivity index (χ3v) is 3.23. The SMILES string of the molecule is Cc1ccccc1OC(C)(CC#N)c1ccccc1. The summed E-state index contributed by atoms with van der Waals surface area (Å²) in [6.07, 6.45) is 0.311. The van der Waals surface area contributed by atoms with E-state index < -0.39 is 5.60 Å². The summed E-state index contributed by atoms with van der Waals surface area (Å²) >= 11 is 0. The molecule has 2 rings (SSSR count). The van der Waals surface area contributed by atoms with Crippen molar-refractivity contribution in [1.82, 2.24) is 0 Å². The van der Waals surface area contributed by atoms with Crippen molar-refractivity contribution >= 4 is 0 Å². The molecule has 1 unspecified atom stereocenters. The second-order valence-electron chi connectivity index (χ2n) is 4.80. The number of hydrogen-bond donors (Lipinski definition) is 0. The van der Waals surface area contributed by atoms with Crippen LogP contribution in [0.2, 0.25) is 0 Å². The zero-order chi connectivity index (χ0) is 13.7. The van der Waals surface area contributed by atoms with Crippen molar-refractivity contribution in [3.8, 4) is 11.8 Å². The van der Waals surface area contributed by atoms with E-state index in [1.54, 1.807) is 0 Å². The lowest BCUT2D eigenvalue weighted by Crippen LogP contribution is -2.29. The van der Waals surface area contributed by atoms with Crippen LogP contribution in [0.1, 0.15) is 24.5 Å². The molecule has 0 heterocycles. The highest BCUT2D eigenvalue weighted by atomic mass is 16.5. The minimum absolute atomic E-state index is 0.311. The maximum atomic E-state index is 9.08. The summed E-state index contributed by atoms with van der Waals surface area (Å²) in [5.74, 6) is 0.823. The maximum Gasteiger partial charge on any atom is 0.144 e. The van der Waals surface area contributed by atoms with Crippen LogP contribution in [-0.2, 0) is 5.60 Å². The first-order chi connectivity index (χ1) is 9.15. The van der Waals surface area contributed by atoms with Crippen molar-refractivity contribution < 1.29 is 4.74 Å². The van der Waals surface area contributed by atoms with Gasteiger partial charge in [-0.25, -0.2) is 0 Å². The van der Waals surface area contributed by atoms with Gasteiger partial charge in [-0.3, -0.25) is 0 Å². The number of rotatable bonds is 4. The standard InChI is InChI=1S/C17H17NO/c1-14-8-6-7-11-16(14)19-17(2,12-13-18)15-9-4-3-5-10-15/h3-11H,12H2,1-2H3. The third-order valence-electron chi connectivity index (χ3n) is 3.23. The van der Waals surface area contributed by atoms with Gasteiger partial charge in [0.25, 0.3) is 0 Å². The highest BCUT2D eigenvalue weighted by molar-refractivity contribution is 5.34. The van der Waals surface area contributed by atoms with E-state index in [2.05, 4.69) is 6.07 Å². The molecule has 0 saturated carbocycles. The van der Waals surface area contributed by atoms with Crippen LogP contribution in [0.25, 0.3) is 0 Å². The van der Waals surface area contributed by atoms with Crippen LogP contribution in [-0.4, -0.2) is 0 Å². The van der Waals surface area contributed by atoms with E-state index in [0.29, 0.717) is 6.42 Å². The summed E-state index contributed by atoms with van der Waals surface area (Å²) in [6.45, 7) is 3.96. The molecule has 0 amide bonds. The minimum atomic E-state index is -0.623. The summed E-state index contributed by atoms with van der Waals surface area (Å²) in [5.41, 5.74) is 1.46. The predicted molar refractivity (Wildman–Crippen MR) is 75.8 cm³/mol. The van der Waals surface area contributed by atoms with Gasteiger partial charge in [0.1, 0.15) is 11.4 Å². The number of nitriles is 1. The van der Waals surface area contributed by atoms with Crippen molar-refractivity contribution in [3.63, 3.8) is 0 Å². The lowest BCUT2D eigenvalue weighted by Gasteiger charge is -2.29. The number of nitrogens with zero attached hydrogens (tertiary/aromatic N) is 1. The Kier molecular flexibility index (Phi) is 3.87. The zero-order valence-corrected chi connectivity index (χ0v) is 11.3. The molecule has 1 atom stereocenters. The molecule has 0 aliphatic heterocycles. The van der Waals surface area contributed by atoms with Crippen molar-refractivity contribution in [2.45, 2.75) is 25.9 Å². The Balaban J connectivity index is 2.36. The Morgan fingerprint density at radius 3 is 2.32 bits per heavy atom. The molecule has 0 saturated heterocycles. The number of aryl methyl sites for hydroxylation is 1. The Labute approximate surface area is 114 Å². The second-order valence-corrected chi connectivity index (χ2v) is 4.80. The summed E-state index contributed by atoms with van der Waals surface area (Å²) in [5, 5.41) is 9.08. The summed E-state index contributed by atoms with van der Waals surface area (Å²) in [6, 6.07) is 20.0. The first-order valence-corrected chi connectivity index (χ1v) is 6.33. The van der Waals surface area contributed by atoms with E-state index in [4.69, 9.17) is 10.00 Å². The number of ether oxygens (including phenoxy) is 1. The van der Waals surface area contributed by atoms with Gasteiger partial charge in [0.2, 0.25) is 0 Å². The van der Waals surface area contributed by atoms with Crippen LogP contribution < -0.4 is 4.74 Å². The molecule has 2 aromatic rings. The van der Waals surface area contributed by atoms with Crippen molar-refractivity contribution in [2.24, 2.45) is 0 Å². The van der Waals surface area contributed by atoms with Gasteiger partial charge >= 0.3 is 0 Å². The smallest absolute Gasteiger partial charge is 0.144 e. The molecule has 0 N–H and O–H groups in total. The van der Waals surface area contributed by atoms with Crippen LogP contribution in [0.3, 0.4) is 0 Å². The molecule has 0 fully saturated rings. The van der Waals surface area contributed by atoms with Gasteiger partial charge in [-0.1, -0.05) is 48.5 Å². The molecule has 0 aliphatic carbocycles. The van der Waals surface area contributed by atoms with E-state index in [1.807, 2.05) is 68.4 Å². The number of benzene rings is 2. The Hall–Kier alpha value is -2.27. The zero-order valence-electron chi connectivity index (χ0n) is 11.3. The van der Waals surface area contributed by atoms with Crippen LogP contribution in [0.15, 0.2) is 54.6 Å². The molecule has 0 spiro atoms. The molecular formula is C17H17NO. The average molecular weight is 251 g/mol. The molecule has 0 aromatic heterocycles. The van der Waals surface area contributed by atoms with Gasteiger partial charge in [0.05, 0.1) is 12.5 Å². The van der Waals surface area contributed by atoms with Gasteiger partial charge in [0.15, 0.2) is 0 Å². The largest absolute Gasteiger partial charge is 0.482 e. The summed E-state index contributed by atoms with van der Waals surface area (Å²) in [7, 11) is 0. The van der Waals surface area contributed by atoms with E-state index >= 15 is 0 Å². The lowest BCUT2D eigenvalue weighted by atomic mass is 9.92. The molecule has 2 nitrogen and oxygen atoms in total. The van der Waals surface area contributed by atoms with Crippen LogP contribution >= 0.6 is 0 Å². The van der Waals surface area contributed by atoms with E-state index in [9.17, 15) is 0 Å². The molecule has 0 bridgehead atoms. The van der Waals surface area contributed by atoms with Crippen LogP contribution in [0.5, 0.6) is 5.75 Å². The van der Waals surface area contributed by atoms with Crippen LogP contribution in [0.4, 0.5) is 0 Å². The quantitative estimate of drug-likeness (QED) is 0.815. The Morgan fingerprint density at radius 1 is 1.05 bits per heavy atom. The van der Waals surface area contributed by atoms with Crippen LogP contribution in [0, 0.1) is 18.3 Å². The number of para-hydroxylation sites is 1. The maximum absolute atomic E-state index is 9.08. The molecule has 0 radical (unpaired) electrons. The lowest BCUT2D eigenvalue weighted by molar-refractivity contribution is 0.0913. The molecule has 19 heavy (non-hydrogen) atoms. The van der Waals surface area contributed by atoms with Gasteiger partial charge in [0, 0.05) is 0 Å². The molecular weight excluding hydrogens is 234 g/mol. The summed E-state index contributed by atoms with van der Waals surface area (Å²) < 4.78 is 6.14. The van der Waals surface area contributed by atoms with E-state index in [1.165, 1.54) is 0 Å². The fourth-order valence-corrected chi connectivity index (χ4v) is 2.05. The highest BCUT2D eigenvalue weighted by Crippen LogP contribution is 2.32. The van der Waals surface area contributed by atoms with Gasteiger partial charge < -0.3 is 4.74 Å². The van der Waals surface area contributed by atoms with Crippen molar-refractivity contribution in [1.29, 1.82) is 5.26 Å². The third kappa shape index (κ3) is 2.95. The summed E-state index contributed by atoms with van der Waals surface area (Å²) in [4.78, 5) is 0. The fourth-order valence-electron chi connectivity index (χ4n) is 2.05. The molecule has 2 aromatic carbocycles. The fraction of sp³-hybridized carbons (Fsp3) is 0.235. The Bertz CT molecular complexity index is 586. The first kappa shape index (κ1) is 13.2. The van der Waals surface area contributed by atoms with E-state index in [0.717, 1.165) is 16.9 Å². The average Bonchev–Trinajstić information content (AvgIpc) is 2.43. The molecule has 96 valence electrons. The Morgan fingerprint density at radius 2 is 1.68 bits per heavy atom. The monoisotopic (exact) mass is 251 g/mol. The number of hydrogen-bond acceptors (Lipinski definition) is 2. The van der Waals surface area contributed by atoms with Gasteiger partial charge in [-0.15, -0.1) is 0 Å². The topological polar surface area (TPSA) is 33.0 Å². The predicted octanol–water partition coefficient (Wildman–Crippen LogP) is 4.20. The first-order valence-electron chi connectivity index (χ1n) is 6.33. The van der Waals surface area contributed by atoms with Crippen molar-refractivity contribution in [3.05, 3.63) is 65.7 Å². The van der Waals surface area contributed by atoms with Gasteiger partial charge in [-0.2, -0.15) is 5.26 Å². The minimum Gasteiger partial charge on any atom is -0.482 e.